The van der Waals surface area contributed by atoms with Crippen LogP contribution in [0, 0.1) is 5.92 Å². The normalized spacial score (nSPS) is 12.8. The summed E-state index contributed by atoms with van der Waals surface area (Å²) in [5.74, 6) is -2.78. The summed E-state index contributed by atoms with van der Waals surface area (Å²) in [5, 5.41) is 28.7. The monoisotopic (exact) mass is 340 g/mol. The van der Waals surface area contributed by atoms with Gasteiger partial charge in [0.15, 0.2) is 5.78 Å². The van der Waals surface area contributed by atoms with Crippen LogP contribution in [0.1, 0.15) is 28.4 Å². The molecule has 0 aromatic heterocycles. The fourth-order valence-electron chi connectivity index (χ4n) is 2.37. The Bertz CT molecular complexity index is 728. The number of halogens is 3. The second-order valence-corrected chi connectivity index (χ2v) is 5.52. The number of phenols is 3. The fourth-order valence-corrected chi connectivity index (χ4v) is 2.37. The molecule has 0 heterocycles. The van der Waals surface area contributed by atoms with Crippen molar-refractivity contribution in [1.82, 2.24) is 0 Å². The van der Waals surface area contributed by atoms with Crippen molar-refractivity contribution in [2.75, 3.05) is 0 Å². The molecule has 1 atom stereocenters. The lowest BCUT2D eigenvalue weighted by Gasteiger charge is -2.14. The van der Waals surface area contributed by atoms with Crippen molar-refractivity contribution < 1.29 is 33.3 Å². The van der Waals surface area contributed by atoms with Crippen molar-refractivity contribution in [1.29, 1.82) is 0 Å². The van der Waals surface area contributed by atoms with Gasteiger partial charge in [-0.3, -0.25) is 4.79 Å². The minimum Gasteiger partial charge on any atom is -0.508 e. The molecule has 0 saturated heterocycles. The van der Waals surface area contributed by atoms with Crippen LogP contribution in [0.4, 0.5) is 13.2 Å². The molecule has 0 aliphatic rings. The number of carbonyl (C=O) groups excluding carboxylic acids is 1. The number of hydrogen-bond donors (Lipinski definition) is 3. The van der Waals surface area contributed by atoms with E-state index in [0.717, 1.165) is 24.3 Å². The summed E-state index contributed by atoms with van der Waals surface area (Å²) in [6.45, 7) is 1.53. The van der Waals surface area contributed by atoms with Gasteiger partial charge >= 0.3 is 6.18 Å². The van der Waals surface area contributed by atoms with Gasteiger partial charge in [-0.25, -0.2) is 0 Å². The molecule has 128 valence electrons. The van der Waals surface area contributed by atoms with E-state index in [2.05, 4.69) is 0 Å². The van der Waals surface area contributed by atoms with E-state index in [9.17, 15) is 33.3 Å². The van der Waals surface area contributed by atoms with Crippen molar-refractivity contribution in [2.24, 2.45) is 5.92 Å². The number of phenolic OH excluding ortho intramolecular Hbond substituents is 3. The Balaban J connectivity index is 2.18. The van der Waals surface area contributed by atoms with Gasteiger partial charge in [0.2, 0.25) is 0 Å². The molecule has 1 unspecified atom stereocenters. The molecule has 2 aromatic carbocycles. The van der Waals surface area contributed by atoms with E-state index in [4.69, 9.17) is 0 Å². The highest BCUT2D eigenvalue weighted by Crippen LogP contribution is 2.34. The minimum atomic E-state index is -4.43. The summed E-state index contributed by atoms with van der Waals surface area (Å²) in [5.41, 5.74) is -0.590. The Morgan fingerprint density at radius 3 is 2.00 bits per heavy atom. The Morgan fingerprint density at radius 1 is 1.04 bits per heavy atom. The lowest BCUT2D eigenvalue weighted by molar-refractivity contribution is -0.137. The number of rotatable bonds is 4. The van der Waals surface area contributed by atoms with Gasteiger partial charge in [0.1, 0.15) is 22.8 Å². The van der Waals surface area contributed by atoms with Gasteiger partial charge in [0, 0.05) is 18.1 Å². The third kappa shape index (κ3) is 3.79. The zero-order valence-electron chi connectivity index (χ0n) is 12.6. The number of aromatic hydroxyl groups is 3. The molecule has 0 saturated carbocycles. The first-order chi connectivity index (χ1) is 11.1. The van der Waals surface area contributed by atoms with Crippen LogP contribution in [0.2, 0.25) is 0 Å². The lowest BCUT2D eigenvalue weighted by atomic mass is 9.91. The molecule has 0 aliphatic heterocycles. The molecular formula is C17H15F3O4. The van der Waals surface area contributed by atoms with Crippen molar-refractivity contribution in [3.05, 3.63) is 53.1 Å². The van der Waals surface area contributed by atoms with Gasteiger partial charge < -0.3 is 15.3 Å². The van der Waals surface area contributed by atoms with Gasteiger partial charge in [-0.15, -0.1) is 0 Å². The van der Waals surface area contributed by atoms with Crippen LogP contribution in [0.3, 0.4) is 0 Å². The Hall–Kier alpha value is -2.70. The second-order valence-electron chi connectivity index (χ2n) is 5.52. The molecular weight excluding hydrogens is 325 g/mol. The standard InChI is InChI=1S/C17H15F3O4/c1-9(6-10-2-4-11(5-3-10)17(18,19)20)16(24)15-13(22)7-12(21)8-14(15)23/h2-5,7-9,21-23H,6H2,1H3. The number of Topliss-reactive ketones (excluding diaryl/α,β-unsaturated/α-hetero) is 1. The van der Waals surface area contributed by atoms with Gasteiger partial charge in [0.25, 0.3) is 0 Å². The maximum atomic E-state index is 12.5. The summed E-state index contributed by atoms with van der Waals surface area (Å²) >= 11 is 0. The van der Waals surface area contributed by atoms with E-state index in [0.29, 0.717) is 5.56 Å². The van der Waals surface area contributed by atoms with Gasteiger partial charge in [-0.1, -0.05) is 19.1 Å². The van der Waals surface area contributed by atoms with Crippen molar-refractivity contribution in [3.63, 3.8) is 0 Å². The van der Waals surface area contributed by atoms with Crippen molar-refractivity contribution in [3.8, 4) is 17.2 Å². The maximum Gasteiger partial charge on any atom is 0.416 e. The molecule has 2 rings (SSSR count). The lowest BCUT2D eigenvalue weighted by Crippen LogP contribution is -2.14. The molecule has 0 aliphatic carbocycles. The number of alkyl halides is 3. The van der Waals surface area contributed by atoms with Crippen molar-refractivity contribution in [2.45, 2.75) is 19.5 Å². The van der Waals surface area contributed by atoms with E-state index in [1.54, 1.807) is 0 Å². The number of hydrogen-bond acceptors (Lipinski definition) is 4. The molecule has 4 nitrogen and oxygen atoms in total. The predicted molar refractivity (Wildman–Crippen MR) is 80.1 cm³/mol. The molecule has 7 heteroatoms. The number of carbonyl (C=O) groups is 1. The molecule has 3 N–H and O–H groups in total. The number of ketones is 1. The second kappa shape index (κ2) is 6.43. The summed E-state index contributed by atoms with van der Waals surface area (Å²) in [6.07, 6.45) is -4.29. The van der Waals surface area contributed by atoms with Crippen LogP contribution in [-0.2, 0) is 12.6 Å². The van der Waals surface area contributed by atoms with E-state index in [-0.39, 0.29) is 12.0 Å². The molecule has 0 amide bonds. The first-order valence-corrected chi connectivity index (χ1v) is 7.05. The Labute approximate surface area is 135 Å². The van der Waals surface area contributed by atoms with Crippen LogP contribution < -0.4 is 0 Å². The van der Waals surface area contributed by atoms with Crippen LogP contribution in [0.25, 0.3) is 0 Å². The largest absolute Gasteiger partial charge is 0.508 e. The zero-order valence-corrected chi connectivity index (χ0v) is 12.6. The van der Waals surface area contributed by atoms with Gasteiger partial charge in [-0.05, 0) is 24.1 Å². The molecule has 0 spiro atoms. The average Bonchev–Trinajstić information content (AvgIpc) is 2.45. The van der Waals surface area contributed by atoms with Gasteiger partial charge in [-0.2, -0.15) is 13.2 Å². The third-order valence-corrected chi connectivity index (χ3v) is 3.60. The molecule has 2 aromatic rings. The fraction of sp³-hybridized carbons (Fsp3) is 0.235. The first kappa shape index (κ1) is 17.7. The minimum absolute atomic E-state index is 0.136. The molecule has 24 heavy (non-hydrogen) atoms. The summed E-state index contributed by atoms with van der Waals surface area (Å²) in [4.78, 5) is 12.3. The predicted octanol–water partition coefficient (Wildman–Crippen LogP) is 3.88. The number of benzene rings is 2. The highest BCUT2D eigenvalue weighted by molar-refractivity contribution is 6.02. The molecule has 0 bridgehead atoms. The summed E-state index contributed by atoms with van der Waals surface area (Å²) in [6, 6.07) is 6.28. The smallest absolute Gasteiger partial charge is 0.416 e. The summed E-state index contributed by atoms with van der Waals surface area (Å²) in [7, 11) is 0. The third-order valence-electron chi connectivity index (χ3n) is 3.60. The highest BCUT2D eigenvalue weighted by Gasteiger charge is 2.30. The molecule has 0 fully saturated rings. The Morgan fingerprint density at radius 2 is 1.54 bits per heavy atom. The topological polar surface area (TPSA) is 77.8 Å². The first-order valence-electron chi connectivity index (χ1n) is 7.05. The zero-order chi connectivity index (χ0) is 18.1. The van der Waals surface area contributed by atoms with Crippen molar-refractivity contribution >= 4 is 5.78 Å². The van der Waals surface area contributed by atoms with E-state index in [1.165, 1.54) is 19.1 Å². The van der Waals surface area contributed by atoms with Crippen LogP contribution in [-0.4, -0.2) is 21.1 Å². The quantitative estimate of drug-likeness (QED) is 0.738. The van der Waals surface area contributed by atoms with Gasteiger partial charge in [0.05, 0.1) is 5.56 Å². The molecule has 0 radical (unpaired) electrons. The van der Waals surface area contributed by atoms with Crippen LogP contribution in [0.15, 0.2) is 36.4 Å². The SMILES string of the molecule is CC(Cc1ccc(C(F)(F)F)cc1)C(=O)c1c(O)cc(O)cc1O. The highest BCUT2D eigenvalue weighted by atomic mass is 19.4. The Kier molecular flexibility index (Phi) is 4.73. The van der Waals surface area contributed by atoms with E-state index in [1.807, 2.05) is 0 Å². The van der Waals surface area contributed by atoms with Crippen LogP contribution in [0.5, 0.6) is 17.2 Å². The maximum absolute atomic E-state index is 12.5. The van der Waals surface area contributed by atoms with Crippen LogP contribution >= 0.6 is 0 Å². The van der Waals surface area contributed by atoms with E-state index >= 15 is 0 Å². The van der Waals surface area contributed by atoms with E-state index < -0.39 is 40.7 Å². The summed E-state index contributed by atoms with van der Waals surface area (Å²) < 4.78 is 37.6. The average molecular weight is 340 g/mol.